The lowest BCUT2D eigenvalue weighted by Crippen LogP contribution is -2.15. The number of aryl methyl sites for hydroxylation is 1. The Bertz CT molecular complexity index is 3160. The van der Waals surface area contributed by atoms with E-state index in [0.29, 0.717) is 0 Å². The lowest BCUT2D eigenvalue weighted by molar-refractivity contribution is 0.660. The van der Waals surface area contributed by atoms with Crippen LogP contribution in [0.25, 0.3) is 91.6 Å². The number of thiophene rings is 2. The predicted octanol–water partition coefficient (Wildman–Crippen LogP) is 15.3. The summed E-state index contributed by atoms with van der Waals surface area (Å²) in [4.78, 5) is 1.44. The smallest absolute Gasteiger partial charge is 0.0361 e. The lowest BCUT2D eigenvalue weighted by atomic mass is 9.80. The van der Waals surface area contributed by atoms with Gasteiger partial charge in [-0.15, -0.1) is 22.7 Å². The zero-order chi connectivity index (χ0) is 36.1. The van der Waals surface area contributed by atoms with Crippen LogP contribution in [0.2, 0.25) is 0 Å². The summed E-state index contributed by atoms with van der Waals surface area (Å²) in [5.74, 6) is 0. The summed E-state index contributed by atoms with van der Waals surface area (Å²) >= 11 is 3.84. The van der Waals surface area contributed by atoms with Gasteiger partial charge in [-0.25, -0.2) is 0 Å². The molecule has 0 spiro atoms. The molecule has 0 fully saturated rings. The van der Waals surface area contributed by atoms with Gasteiger partial charge in [0.05, 0.1) is 0 Å². The Labute approximate surface area is 324 Å². The number of hydrogen-bond acceptors (Lipinski definition) is 2. The van der Waals surface area contributed by atoms with Crippen molar-refractivity contribution in [1.29, 1.82) is 0 Å². The highest BCUT2D eigenvalue weighted by Gasteiger charge is 2.40. The van der Waals surface area contributed by atoms with Crippen molar-refractivity contribution in [3.63, 3.8) is 0 Å². The number of hydrogen-bond donors (Lipinski definition) is 0. The summed E-state index contributed by atoms with van der Waals surface area (Å²) in [6, 6.07) is 47.0. The number of fused-ring (bicyclic) bond motifs is 15. The molecule has 0 saturated heterocycles. The first kappa shape index (κ1) is 31.1. The van der Waals surface area contributed by atoms with E-state index in [9.17, 15) is 0 Å². The Morgan fingerprint density at radius 2 is 1.04 bits per heavy atom. The highest BCUT2D eigenvalue weighted by molar-refractivity contribution is 7.26. The topological polar surface area (TPSA) is 0 Å². The zero-order valence-electron chi connectivity index (χ0n) is 30.9. The molecule has 3 aliphatic carbocycles. The van der Waals surface area contributed by atoms with Crippen LogP contribution in [0.5, 0.6) is 0 Å². The first-order chi connectivity index (χ1) is 26.3. The van der Waals surface area contributed by atoms with Gasteiger partial charge >= 0.3 is 0 Å². The maximum atomic E-state index is 2.52. The summed E-state index contributed by atoms with van der Waals surface area (Å²) in [5, 5.41) is 6.92. The van der Waals surface area contributed by atoms with Gasteiger partial charge < -0.3 is 0 Å². The Hall–Kier alpha value is -5.28. The van der Waals surface area contributed by atoms with Crippen molar-refractivity contribution >= 4 is 69.8 Å². The minimum atomic E-state index is -0.109. The molecule has 0 N–H and O–H groups in total. The SMILES string of the molecule is CC1(C)c2cc(-c3cccc4sc5c(c34)CCC=C5)ccc2-c2c1ccc1c3c(ccc21)C(C)(C)c1cc(-c2cccc4sc5ccccc5c24)ccc1-3. The molecule has 258 valence electrons. The van der Waals surface area contributed by atoms with Gasteiger partial charge in [0, 0.05) is 46.0 Å². The van der Waals surface area contributed by atoms with Crippen LogP contribution in [0.4, 0.5) is 0 Å². The molecule has 0 saturated carbocycles. The quantitative estimate of drug-likeness (QED) is 0.166. The van der Waals surface area contributed by atoms with Crippen molar-refractivity contribution in [2.75, 3.05) is 0 Å². The van der Waals surface area contributed by atoms with Crippen LogP contribution < -0.4 is 0 Å². The number of rotatable bonds is 2. The molecule has 2 heterocycles. The van der Waals surface area contributed by atoms with Crippen molar-refractivity contribution in [3.05, 3.63) is 160 Å². The van der Waals surface area contributed by atoms with Crippen molar-refractivity contribution in [2.45, 2.75) is 51.4 Å². The highest BCUT2D eigenvalue weighted by atomic mass is 32.1. The summed E-state index contributed by atoms with van der Waals surface area (Å²) in [6.07, 6.45) is 6.92. The van der Waals surface area contributed by atoms with E-state index in [1.165, 1.54) is 118 Å². The third-order valence-electron chi connectivity index (χ3n) is 13.2. The van der Waals surface area contributed by atoms with Crippen LogP contribution in [0.15, 0.2) is 127 Å². The maximum Gasteiger partial charge on any atom is 0.0361 e. The van der Waals surface area contributed by atoms with Crippen LogP contribution >= 0.6 is 22.7 Å². The van der Waals surface area contributed by atoms with E-state index in [0.717, 1.165) is 12.8 Å². The average Bonchev–Trinajstić information content (AvgIpc) is 3.90. The van der Waals surface area contributed by atoms with Crippen LogP contribution in [-0.4, -0.2) is 0 Å². The lowest BCUT2D eigenvalue weighted by Gasteiger charge is -2.23. The van der Waals surface area contributed by atoms with Crippen molar-refractivity contribution in [1.82, 2.24) is 0 Å². The molecule has 7 aromatic carbocycles. The van der Waals surface area contributed by atoms with E-state index in [1.807, 2.05) is 22.7 Å². The second kappa shape index (κ2) is 10.7. The molecule has 9 aromatic rings. The molecule has 2 aromatic heterocycles. The van der Waals surface area contributed by atoms with E-state index in [2.05, 4.69) is 161 Å². The Balaban J connectivity index is 1.02. The normalized spacial score (nSPS) is 15.9. The van der Waals surface area contributed by atoms with Gasteiger partial charge in [0.1, 0.15) is 0 Å². The fourth-order valence-corrected chi connectivity index (χ4v) is 12.8. The molecule has 3 aliphatic rings. The minimum Gasteiger partial charge on any atom is -0.136 e. The van der Waals surface area contributed by atoms with Crippen molar-refractivity contribution in [2.24, 2.45) is 0 Å². The fraction of sp³-hybridized carbons (Fsp3) is 0.154. The van der Waals surface area contributed by atoms with Gasteiger partial charge in [-0.1, -0.05) is 125 Å². The Morgan fingerprint density at radius 1 is 0.463 bits per heavy atom. The highest BCUT2D eigenvalue weighted by Crippen LogP contribution is 2.57. The Morgan fingerprint density at radius 3 is 1.69 bits per heavy atom. The largest absolute Gasteiger partial charge is 0.136 e. The van der Waals surface area contributed by atoms with Gasteiger partial charge in [-0.3, -0.25) is 0 Å². The predicted molar refractivity (Wildman–Crippen MR) is 236 cm³/mol. The molecule has 0 nitrogen and oxygen atoms in total. The second-order valence-electron chi connectivity index (χ2n) is 16.7. The van der Waals surface area contributed by atoms with Crippen LogP contribution in [0, 0.1) is 0 Å². The van der Waals surface area contributed by atoms with Gasteiger partial charge in [0.2, 0.25) is 0 Å². The molecule has 0 atom stereocenters. The Kier molecular flexibility index (Phi) is 6.16. The maximum absolute atomic E-state index is 2.52. The van der Waals surface area contributed by atoms with Gasteiger partial charge in [-0.2, -0.15) is 0 Å². The second-order valence-corrected chi connectivity index (χ2v) is 18.9. The van der Waals surface area contributed by atoms with E-state index in [1.54, 1.807) is 0 Å². The molecule has 0 bridgehead atoms. The molecule has 2 heteroatoms. The van der Waals surface area contributed by atoms with E-state index >= 15 is 0 Å². The third kappa shape index (κ3) is 3.98. The molecular weight excluding hydrogens is 689 g/mol. The van der Waals surface area contributed by atoms with Gasteiger partial charge in [0.25, 0.3) is 0 Å². The molecule has 12 rings (SSSR count). The molecule has 0 aliphatic heterocycles. The first-order valence-corrected chi connectivity index (χ1v) is 20.9. The van der Waals surface area contributed by atoms with E-state index in [4.69, 9.17) is 0 Å². The van der Waals surface area contributed by atoms with Crippen molar-refractivity contribution in [3.8, 4) is 44.5 Å². The monoisotopic (exact) mass is 726 g/mol. The van der Waals surface area contributed by atoms with E-state index < -0.39 is 0 Å². The van der Waals surface area contributed by atoms with Gasteiger partial charge in [0.15, 0.2) is 0 Å². The minimum absolute atomic E-state index is 0.0997. The van der Waals surface area contributed by atoms with Crippen LogP contribution in [0.3, 0.4) is 0 Å². The molecular formula is C52H38S2. The number of allylic oxidation sites excluding steroid dienone is 1. The summed E-state index contributed by atoms with van der Waals surface area (Å²) in [5.41, 5.74) is 18.0. The fourth-order valence-electron chi connectivity index (χ4n) is 10.5. The molecule has 0 radical (unpaired) electrons. The summed E-state index contributed by atoms with van der Waals surface area (Å²) in [6.45, 7) is 9.69. The summed E-state index contributed by atoms with van der Waals surface area (Å²) in [7, 11) is 0. The van der Waals surface area contributed by atoms with Crippen LogP contribution in [0.1, 0.15) is 66.8 Å². The standard InChI is InChI=1S/C52H38S2/c1-51(2)39-25-23-34-33(47(39)35-21-19-29(27-41(35)51)31-13-9-17-45-49(31)37-11-5-7-15-43(37)53-45)24-26-40-48(34)36-22-20-30(28-42(36)52(40,3)4)32-14-10-18-46-50(32)38-12-6-8-16-44(38)54-46/h5,7-11,13-28H,6,12H2,1-4H3. The van der Waals surface area contributed by atoms with Crippen LogP contribution in [-0.2, 0) is 17.3 Å². The zero-order valence-corrected chi connectivity index (χ0v) is 32.6. The molecule has 0 unspecified atom stereocenters. The van der Waals surface area contributed by atoms with Crippen molar-refractivity contribution < 1.29 is 0 Å². The average molecular weight is 727 g/mol. The van der Waals surface area contributed by atoms with Gasteiger partial charge in [-0.05, 0) is 132 Å². The molecule has 54 heavy (non-hydrogen) atoms. The van der Waals surface area contributed by atoms with E-state index in [-0.39, 0.29) is 10.8 Å². The first-order valence-electron chi connectivity index (χ1n) is 19.3. The summed E-state index contributed by atoms with van der Waals surface area (Å²) < 4.78 is 4.11. The number of benzene rings is 7. The molecule has 0 amide bonds. The third-order valence-corrected chi connectivity index (χ3v) is 15.5.